The van der Waals surface area contributed by atoms with Crippen molar-refractivity contribution >= 4 is 38.8 Å². The van der Waals surface area contributed by atoms with Crippen LogP contribution in [0, 0.1) is 5.92 Å². The first-order valence-electron chi connectivity index (χ1n) is 7.15. The predicted octanol–water partition coefficient (Wildman–Crippen LogP) is 3.23. The zero-order valence-corrected chi connectivity index (χ0v) is 14.3. The fraction of sp³-hybridized carbons (Fsp3) is 0.533. The monoisotopic (exact) mass is 355 g/mol. The third-order valence-corrected chi connectivity index (χ3v) is 4.70. The number of anilines is 1. The molecule has 0 amide bonds. The van der Waals surface area contributed by atoms with Crippen LogP contribution in [-0.2, 0) is 0 Å². The maximum absolute atomic E-state index is 5.79. The smallest absolute Gasteiger partial charge is 0.106 e. The molecule has 2 rings (SSSR count). The molecule has 1 aliphatic rings. The Balaban J connectivity index is 1.93. The molecule has 0 spiro atoms. The van der Waals surface area contributed by atoms with Gasteiger partial charge in [0.15, 0.2) is 0 Å². The number of halogens is 1. The van der Waals surface area contributed by atoms with Crippen LogP contribution in [-0.4, -0.2) is 36.1 Å². The number of benzene rings is 1. The molecule has 0 atom stereocenters. The molecule has 1 aromatic carbocycles. The first-order chi connectivity index (χ1) is 9.60. The third kappa shape index (κ3) is 4.17. The molecule has 3 nitrogen and oxygen atoms in total. The van der Waals surface area contributed by atoms with Gasteiger partial charge in [-0.2, -0.15) is 0 Å². The van der Waals surface area contributed by atoms with E-state index >= 15 is 0 Å². The van der Waals surface area contributed by atoms with Gasteiger partial charge in [0.2, 0.25) is 0 Å². The lowest BCUT2D eigenvalue weighted by Crippen LogP contribution is -2.35. The Morgan fingerprint density at radius 2 is 2.15 bits per heavy atom. The Hall–Kier alpha value is -0.650. The Labute approximate surface area is 135 Å². The molecule has 0 aliphatic carbocycles. The summed E-state index contributed by atoms with van der Waals surface area (Å²) >= 11 is 8.58. The Morgan fingerprint density at radius 1 is 1.45 bits per heavy atom. The van der Waals surface area contributed by atoms with Gasteiger partial charge in [0, 0.05) is 22.3 Å². The molecule has 1 heterocycles. The molecule has 5 heteroatoms. The molecule has 1 aliphatic heterocycles. The second kappa shape index (κ2) is 7.38. The number of nitrogens with two attached hydrogens (primary N) is 1. The molecular formula is C15H22BrN3S. The van der Waals surface area contributed by atoms with Crippen molar-refractivity contribution < 1.29 is 0 Å². The van der Waals surface area contributed by atoms with E-state index in [1.165, 1.54) is 32.5 Å². The quantitative estimate of drug-likeness (QED) is 0.795. The van der Waals surface area contributed by atoms with Gasteiger partial charge in [0.1, 0.15) is 4.99 Å². The number of piperidine rings is 1. The topological polar surface area (TPSA) is 41.3 Å². The van der Waals surface area contributed by atoms with Crippen LogP contribution in [0.1, 0.15) is 25.3 Å². The molecule has 0 radical (unpaired) electrons. The fourth-order valence-corrected chi connectivity index (χ4v) is 3.17. The maximum atomic E-state index is 5.79. The molecule has 1 aromatic rings. The summed E-state index contributed by atoms with van der Waals surface area (Å²) in [5.74, 6) is 0.737. The van der Waals surface area contributed by atoms with Crippen LogP contribution in [0.25, 0.3) is 0 Å². The van der Waals surface area contributed by atoms with Crippen molar-refractivity contribution in [2.45, 2.75) is 19.8 Å². The highest BCUT2D eigenvalue weighted by atomic mass is 79.9. The number of thiocarbonyl (C=S) groups is 1. The highest BCUT2D eigenvalue weighted by molar-refractivity contribution is 9.10. The molecule has 20 heavy (non-hydrogen) atoms. The van der Waals surface area contributed by atoms with Crippen LogP contribution in [0.3, 0.4) is 0 Å². The summed E-state index contributed by atoms with van der Waals surface area (Å²) < 4.78 is 1.00. The summed E-state index contributed by atoms with van der Waals surface area (Å²) in [7, 11) is 0. The van der Waals surface area contributed by atoms with Crippen molar-refractivity contribution in [3.63, 3.8) is 0 Å². The number of likely N-dealkylation sites (tertiary alicyclic amines) is 1. The Morgan fingerprint density at radius 3 is 2.75 bits per heavy atom. The van der Waals surface area contributed by atoms with E-state index in [0.29, 0.717) is 4.99 Å². The minimum absolute atomic E-state index is 0.439. The highest BCUT2D eigenvalue weighted by Crippen LogP contribution is 2.23. The van der Waals surface area contributed by atoms with Crippen molar-refractivity contribution in [3.05, 3.63) is 28.2 Å². The molecule has 0 aromatic heterocycles. The van der Waals surface area contributed by atoms with Crippen LogP contribution >= 0.6 is 28.1 Å². The van der Waals surface area contributed by atoms with Gasteiger partial charge < -0.3 is 16.0 Å². The molecule has 1 fully saturated rings. The highest BCUT2D eigenvalue weighted by Gasteiger charge is 2.18. The summed E-state index contributed by atoms with van der Waals surface area (Å²) in [6, 6.07) is 6.04. The van der Waals surface area contributed by atoms with E-state index in [-0.39, 0.29) is 0 Å². The first-order valence-corrected chi connectivity index (χ1v) is 8.36. The number of hydrogen-bond donors (Lipinski definition) is 2. The molecular weight excluding hydrogens is 334 g/mol. The summed E-state index contributed by atoms with van der Waals surface area (Å²) in [6.45, 7) is 6.82. The van der Waals surface area contributed by atoms with Crippen molar-refractivity contribution in [1.29, 1.82) is 0 Å². The normalized spacial score (nSPS) is 17.1. The zero-order valence-electron chi connectivity index (χ0n) is 11.9. The van der Waals surface area contributed by atoms with Gasteiger partial charge in [-0.05, 0) is 56.6 Å². The Bertz CT molecular complexity index is 470. The lowest BCUT2D eigenvalue weighted by molar-refractivity contribution is 0.198. The van der Waals surface area contributed by atoms with Crippen molar-refractivity contribution in [2.75, 3.05) is 31.5 Å². The van der Waals surface area contributed by atoms with Crippen LogP contribution in [0.2, 0.25) is 0 Å². The predicted molar refractivity (Wildman–Crippen MR) is 93.4 cm³/mol. The Kier molecular flexibility index (Phi) is 5.81. The number of nitrogens with zero attached hydrogens (tertiary/aromatic N) is 1. The van der Waals surface area contributed by atoms with E-state index < -0.39 is 0 Å². The SMILES string of the molecule is CCN1CCC(CNc2ccc(Br)cc2C(N)=S)CC1. The van der Waals surface area contributed by atoms with E-state index in [2.05, 4.69) is 33.1 Å². The van der Waals surface area contributed by atoms with E-state index in [0.717, 1.165) is 28.2 Å². The maximum Gasteiger partial charge on any atom is 0.106 e. The van der Waals surface area contributed by atoms with Crippen LogP contribution in [0.15, 0.2) is 22.7 Å². The third-order valence-electron chi connectivity index (χ3n) is 3.98. The fourth-order valence-electron chi connectivity index (χ4n) is 2.64. The average Bonchev–Trinajstić information content (AvgIpc) is 2.46. The van der Waals surface area contributed by atoms with Crippen LogP contribution in [0.4, 0.5) is 5.69 Å². The van der Waals surface area contributed by atoms with Gasteiger partial charge in [-0.1, -0.05) is 35.1 Å². The minimum Gasteiger partial charge on any atom is -0.389 e. The van der Waals surface area contributed by atoms with Crippen LogP contribution in [0.5, 0.6) is 0 Å². The second-order valence-corrected chi connectivity index (χ2v) is 6.67. The summed E-state index contributed by atoms with van der Waals surface area (Å²) in [5, 5.41) is 3.52. The standard InChI is InChI=1S/C15H22BrN3S/c1-2-19-7-5-11(6-8-19)10-18-14-4-3-12(16)9-13(14)15(17)20/h3-4,9,11,18H,2,5-8,10H2,1H3,(H2,17,20). The first kappa shape index (κ1) is 15.7. The summed E-state index contributed by atoms with van der Waals surface area (Å²) in [4.78, 5) is 2.95. The number of rotatable bonds is 5. The molecule has 0 saturated carbocycles. The van der Waals surface area contributed by atoms with Gasteiger partial charge >= 0.3 is 0 Å². The molecule has 0 unspecified atom stereocenters. The van der Waals surface area contributed by atoms with Crippen molar-refractivity contribution in [2.24, 2.45) is 11.7 Å². The van der Waals surface area contributed by atoms with Crippen molar-refractivity contribution in [3.8, 4) is 0 Å². The van der Waals surface area contributed by atoms with Gasteiger partial charge in [-0.25, -0.2) is 0 Å². The molecule has 110 valence electrons. The lowest BCUT2D eigenvalue weighted by Gasteiger charge is -2.31. The van der Waals surface area contributed by atoms with Gasteiger partial charge in [-0.3, -0.25) is 0 Å². The minimum atomic E-state index is 0.439. The number of nitrogens with one attached hydrogen (secondary N) is 1. The van der Waals surface area contributed by atoms with E-state index in [4.69, 9.17) is 18.0 Å². The second-order valence-electron chi connectivity index (χ2n) is 5.31. The van der Waals surface area contributed by atoms with E-state index in [9.17, 15) is 0 Å². The largest absolute Gasteiger partial charge is 0.389 e. The van der Waals surface area contributed by atoms with Gasteiger partial charge in [0.05, 0.1) is 0 Å². The van der Waals surface area contributed by atoms with Gasteiger partial charge in [0.25, 0.3) is 0 Å². The molecule has 3 N–H and O–H groups in total. The lowest BCUT2D eigenvalue weighted by atomic mass is 9.96. The average molecular weight is 356 g/mol. The van der Waals surface area contributed by atoms with Gasteiger partial charge in [-0.15, -0.1) is 0 Å². The van der Waals surface area contributed by atoms with E-state index in [1.54, 1.807) is 0 Å². The van der Waals surface area contributed by atoms with E-state index in [1.807, 2.05) is 18.2 Å². The molecule has 1 saturated heterocycles. The van der Waals surface area contributed by atoms with Crippen molar-refractivity contribution in [1.82, 2.24) is 4.90 Å². The zero-order chi connectivity index (χ0) is 14.5. The molecule has 0 bridgehead atoms. The van der Waals surface area contributed by atoms with Crippen LogP contribution < -0.4 is 11.1 Å². The summed E-state index contributed by atoms with van der Waals surface area (Å²) in [5.41, 5.74) is 7.75. The number of hydrogen-bond acceptors (Lipinski definition) is 3. The summed E-state index contributed by atoms with van der Waals surface area (Å²) in [6.07, 6.45) is 2.53.